The number of benzene rings is 1. The van der Waals surface area contributed by atoms with E-state index in [0.717, 1.165) is 19.3 Å². The second-order valence-electron chi connectivity index (χ2n) is 6.60. The monoisotopic (exact) mass is 385 g/mol. The first-order valence-electron chi connectivity index (χ1n) is 9.26. The predicted molar refractivity (Wildman–Crippen MR) is 106 cm³/mol. The van der Waals surface area contributed by atoms with E-state index in [4.69, 9.17) is 25.8 Å². The number of ether oxygens (including phenoxy) is 3. The molecule has 1 N–H and O–H groups in total. The highest BCUT2D eigenvalue weighted by Crippen LogP contribution is 2.30. The molecule has 26 heavy (non-hydrogen) atoms. The second-order valence-corrected chi connectivity index (χ2v) is 7.01. The minimum Gasteiger partial charge on any atom is -0.487 e. The average molecular weight is 386 g/mol. The molecule has 0 bridgehead atoms. The minimum atomic E-state index is -0.849. The molecule has 0 aliphatic heterocycles. The molecule has 0 heterocycles. The zero-order chi connectivity index (χ0) is 19.6. The highest BCUT2D eigenvalue weighted by atomic mass is 35.5. The Morgan fingerprint density at radius 3 is 2.62 bits per heavy atom. The molecule has 0 aromatic heterocycles. The minimum absolute atomic E-state index is 0.113. The van der Waals surface area contributed by atoms with E-state index in [0.29, 0.717) is 36.1 Å². The Hall–Kier alpha value is -1.30. The fourth-order valence-corrected chi connectivity index (χ4v) is 2.93. The van der Waals surface area contributed by atoms with Gasteiger partial charge in [-0.15, -0.1) is 0 Å². The number of methoxy groups -OCH3 is 1. The molecule has 0 fully saturated rings. The van der Waals surface area contributed by atoms with Crippen molar-refractivity contribution in [3.05, 3.63) is 23.2 Å². The van der Waals surface area contributed by atoms with Gasteiger partial charge in [-0.1, -0.05) is 37.8 Å². The Balaban J connectivity index is 2.79. The van der Waals surface area contributed by atoms with Crippen LogP contribution in [0.4, 0.5) is 5.69 Å². The van der Waals surface area contributed by atoms with E-state index in [9.17, 15) is 4.79 Å². The highest BCUT2D eigenvalue weighted by Gasteiger charge is 2.33. The number of carbonyl (C=O) groups is 1. The summed E-state index contributed by atoms with van der Waals surface area (Å²) in [5.41, 5.74) is -0.230. The first-order valence-corrected chi connectivity index (χ1v) is 9.64. The number of halogens is 1. The van der Waals surface area contributed by atoms with Gasteiger partial charge < -0.3 is 19.5 Å². The van der Waals surface area contributed by atoms with Gasteiger partial charge in [0, 0.05) is 19.4 Å². The summed E-state index contributed by atoms with van der Waals surface area (Å²) in [6, 6.07) is 5.21. The van der Waals surface area contributed by atoms with Crippen molar-refractivity contribution in [2.75, 3.05) is 25.6 Å². The molecule has 2 atom stereocenters. The lowest BCUT2D eigenvalue weighted by Crippen LogP contribution is -2.42. The molecule has 0 aliphatic rings. The van der Waals surface area contributed by atoms with Gasteiger partial charge in [0.1, 0.15) is 17.5 Å². The van der Waals surface area contributed by atoms with Crippen LogP contribution in [0.2, 0.25) is 5.02 Å². The van der Waals surface area contributed by atoms with Gasteiger partial charge in [0.2, 0.25) is 0 Å². The van der Waals surface area contributed by atoms with Crippen LogP contribution in [0.5, 0.6) is 5.75 Å². The van der Waals surface area contributed by atoms with Crippen LogP contribution in [0, 0.1) is 0 Å². The van der Waals surface area contributed by atoms with E-state index in [1.54, 1.807) is 25.3 Å². The predicted octanol–water partition coefficient (Wildman–Crippen LogP) is 5.07. The molecule has 0 aliphatic carbocycles. The first-order chi connectivity index (χ1) is 12.4. The van der Waals surface area contributed by atoms with Gasteiger partial charge in [-0.2, -0.15) is 0 Å². The molecule has 1 amide bonds. The van der Waals surface area contributed by atoms with Crippen LogP contribution >= 0.6 is 11.6 Å². The molecule has 148 valence electrons. The van der Waals surface area contributed by atoms with Crippen LogP contribution < -0.4 is 10.1 Å². The lowest BCUT2D eigenvalue weighted by molar-refractivity contribution is -0.139. The van der Waals surface area contributed by atoms with Crippen LogP contribution in [-0.4, -0.2) is 37.9 Å². The number of nitrogens with one attached hydrogen (secondary N) is 1. The molecule has 0 saturated heterocycles. The molecule has 6 heteroatoms. The number of hydrogen-bond donors (Lipinski definition) is 1. The highest BCUT2D eigenvalue weighted by molar-refractivity contribution is 6.32. The Bertz CT molecular complexity index is 567. The molecule has 1 rings (SSSR count). The summed E-state index contributed by atoms with van der Waals surface area (Å²) in [6.45, 7) is 8.74. The number of hydrogen-bond acceptors (Lipinski definition) is 4. The number of amides is 1. The summed E-state index contributed by atoms with van der Waals surface area (Å²) < 4.78 is 16.5. The lowest BCUT2D eigenvalue weighted by Gasteiger charge is -2.28. The van der Waals surface area contributed by atoms with Crippen molar-refractivity contribution in [3.8, 4) is 5.75 Å². The van der Waals surface area contributed by atoms with E-state index in [-0.39, 0.29) is 12.0 Å². The summed E-state index contributed by atoms with van der Waals surface area (Å²) in [7, 11) is 1.62. The molecular weight excluding hydrogens is 354 g/mol. The SMILES string of the molecule is CCCCC[C@@](C)(OCC)C(=O)Nc1ccc(O[C@@H](C)COC)c(Cl)c1. The fourth-order valence-electron chi connectivity index (χ4n) is 2.71. The van der Waals surface area contributed by atoms with Gasteiger partial charge >= 0.3 is 0 Å². The maximum absolute atomic E-state index is 12.8. The van der Waals surface area contributed by atoms with Crippen molar-refractivity contribution in [1.29, 1.82) is 0 Å². The molecule has 5 nitrogen and oxygen atoms in total. The molecular formula is C20H32ClNO4. The molecule has 0 spiro atoms. The summed E-state index contributed by atoms with van der Waals surface area (Å²) in [5.74, 6) is 0.401. The number of carbonyl (C=O) groups excluding carboxylic acids is 1. The topological polar surface area (TPSA) is 56.8 Å². The summed E-state index contributed by atoms with van der Waals surface area (Å²) in [5, 5.41) is 3.35. The normalized spacial score (nSPS) is 14.5. The fraction of sp³-hybridized carbons (Fsp3) is 0.650. The maximum Gasteiger partial charge on any atom is 0.256 e. The standard InChI is InChI=1S/C20H32ClNO4/c1-6-8-9-12-20(4,25-7-2)19(23)22-16-10-11-18(17(21)13-16)26-15(3)14-24-5/h10-11,13,15H,6-9,12,14H2,1-5H3,(H,22,23)/t15-,20+/m0/s1. The smallest absolute Gasteiger partial charge is 0.256 e. The van der Waals surface area contributed by atoms with E-state index in [2.05, 4.69) is 12.2 Å². The summed E-state index contributed by atoms with van der Waals surface area (Å²) >= 11 is 6.29. The van der Waals surface area contributed by atoms with Crippen LogP contribution in [-0.2, 0) is 14.3 Å². The maximum atomic E-state index is 12.8. The first kappa shape index (κ1) is 22.7. The third kappa shape index (κ3) is 7.14. The zero-order valence-corrected chi connectivity index (χ0v) is 17.3. The van der Waals surface area contributed by atoms with Gasteiger partial charge in [0.05, 0.1) is 11.6 Å². The average Bonchev–Trinajstić information content (AvgIpc) is 2.58. The van der Waals surface area contributed by atoms with Crippen LogP contribution in [0.15, 0.2) is 18.2 Å². The van der Waals surface area contributed by atoms with Gasteiger partial charge in [-0.05, 0) is 45.4 Å². The van der Waals surface area contributed by atoms with Gasteiger partial charge in [-0.3, -0.25) is 4.79 Å². The van der Waals surface area contributed by atoms with E-state index in [1.807, 2.05) is 20.8 Å². The van der Waals surface area contributed by atoms with E-state index < -0.39 is 5.60 Å². The molecule has 0 unspecified atom stereocenters. The summed E-state index contributed by atoms with van der Waals surface area (Å²) in [6.07, 6.45) is 3.70. The van der Waals surface area contributed by atoms with Crippen LogP contribution in [0.25, 0.3) is 0 Å². The van der Waals surface area contributed by atoms with Gasteiger partial charge in [-0.25, -0.2) is 0 Å². The Morgan fingerprint density at radius 1 is 1.31 bits per heavy atom. The molecule has 0 radical (unpaired) electrons. The van der Waals surface area contributed by atoms with E-state index >= 15 is 0 Å². The van der Waals surface area contributed by atoms with Crippen molar-refractivity contribution in [2.45, 2.75) is 65.1 Å². The van der Waals surface area contributed by atoms with Crippen molar-refractivity contribution in [2.24, 2.45) is 0 Å². The van der Waals surface area contributed by atoms with Crippen LogP contribution in [0.1, 0.15) is 53.4 Å². The molecule has 0 saturated carbocycles. The van der Waals surface area contributed by atoms with Crippen molar-refractivity contribution < 1.29 is 19.0 Å². The number of rotatable bonds is 12. The number of unbranched alkanes of at least 4 members (excludes halogenated alkanes) is 2. The van der Waals surface area contributed by atoms with Crippen LogP contribution in [0.3, 0.4) is 0 Å². The quantitative estimate of drug-likeness (QED) is 0.510. The Kier molecular flexibility index (Phi) is 9.99. The molecule has 1 aromatic carbocycles. The van der Waals surface area contributed by atoms with Crippen molar-refractivity contribution in [3.63, 3.8) is 0 Å². The van der Waals surface area contributed by atoms with Crippen molar-refractivity contribution >= 4 is 23.2 Å². The molecule has 1 aromatic rings. The third-order valence-electron chi connectivity index (χ3n) is 4.12. The van der Waals surface area contributed by atoms with E-state index in [1.165, 1.54) is 0 Å². The van der Waals surface area contributed by atoms with Gasteiger partial charge in [0.15, 0.2) is 0 Å². The largest absolute Gasteiger partial charge is 0.487 e. The van der Waals surface area contributed by atoms with Crippen molar-refractivity contribution in [1.82, 2.24) is 0 Å². The summed E-state index contributed by atoms with van der Waals surface area (Å²) in [4.78, 5) is 12.8. The van der Waals surface area contributed by atoms with Gasteiger partial charge in [0.25, 0.3) is 5.91 Å². The second kappa shape index (κ2) is 11.4. The lowest BCUT2D eigenvalue weighted by atomic mass is 9.96. The Labute approximate surface area is 162 Å². The Morgan fingerprint density at radius 2 is 2.04 bits per heavy atom. The zero-order valence-electron chi connectivity index (χ0n) is 16.6. The third-order valence-corrected chi connectivity index (χ3v) is 4.42. The number of anilines is 1.